The van der Waals surface area contributed by atoms with Gasteiger partial charge in [0.25, 0.3) is 0 Å². The summed E-state index contributed by atoms with van der Waals surface area (Å²) >= 11 is 3.18. The molecule has 3 aromatic rings. The molecule has 0 fully saturated rings. The number of halogens is 1. The Bertz CT molecular complexity index is 978. The summed E-state index contributed by atoms with van der Waals surface area (Å²) in [5.74, 6) is 0.445. The zero-order chi connectivity index (χ0) is 19.4. The predicted molar refractivity (Wildman–Crippen MR) is 102 cm³/mol. The van der Waals surface area contributed by atoms with Gasteiger partial charge in [-0.25, -0.2) is 4.79 Å². The maximum absolute atomic E-state index is 12.5. The lowest BCUT2D eigenvalue weighted by Gasteiger charge is -2.07. The van der Waals surface area contributed by atoms with E-state index in [-0.39, 0.29) is 12.4 Å². The van der Waals surface area contributed by atoms with Crippen LogP contribution in [0.25, 0.3) is 6.08 Å². The van der Waals surface area contributed by atoms with Crippen molar-refractivity contribution >= 4 is 33.8 Å². The molecule has 0 aromatic carbocycles. The van der Waals surface area contributed by atoms with Crippen molar-refractivity contribution in [3.8, 4) is 0 Å². The highest BCUT2D eigenvalue weighted by Gasteiger charge is 2.17. The Labute approximate surface area is 164 Å². The second kappa shape index (κ2) is 8.26. The zero-order valence-electron chi connectivity index (χ0n) is 14.9. The van der Waals surface area contributed by atoms with Gasteiger partial charge in [0, 0.05) is 23.0 Å². The topological polar surface area (TPSA) is 74.6 Å². The van der Waals surface area contributed by atoms with Gasteiger partial charge in [0.05, 0.1) is 12.8 Å². The van der Waals surface area contributed by atoms with Crippen molar-refractivity contribution in [1.29, 1.82) is 0 Å². The molecular formula is C20H18BrNO5. The first kappa shape index (κ1) is 19.0. The average molecular weight is 432 g/mol. The number of hydrogen-bond acceptors (Lipinski definition) is 5. The third-order valence-corrected chi connectivity index (χ3v) is 4.52. The second-order valence-electron chi connectivity index (χ2n) is 5.96. The Morgan fingerprint density at radius 1 is 1.26 bits per heavy atom. The summed E-state index contributed by atoms with van der Waals surface area (Å²) in [7, 11) is 0. The van der Waals surface area contributed by atoms with Crippen molar-refractivity contribution in [3.63, 3.8) is 0 Å². The standard InChI is InChI=1S/C20H18BrNO5/c1-13-10-17(14(2)22(13)11-16-4-3-9-25-16)18(23)12-26-20(24)8-6-15-5-7-19(21)27-15/h3-10H,11-12H2,1-2H3. The number of carbonyl (C=O) groups excluding carboxylic acids is 2. The lowest BCUT2D eigenvalue weighted by atomic mass is 10.1. The Morgan fingerprint density at radius 3 is 2.74 bits per heavy atom. The summed E-state index contributed by atoms with van der Waals surface area (Å²) in [6.07, 6.45) is 4.31. The first-order valence-corrected chi connectivity index (χ1v) is 9.06. The van der Waals surface area contributed by atoms with Gasteiger partial charge in [0.2, 0.25) is 5.78 Å². The number of ketones is 1. The first-order chi connectivity index (χ1) is 12.9. The van der Waals surface area contributed by atoms with Gasteiger partial charge in [-0.05, 0) is 66.2 Å². The van der Waals surface area contributed by atoms with E-state index < -0.39 is 5.97 Å². The van der Waals surface area contributed by atoms with Crippen molar-refractivity contribution in [1.82, 2.24) is 4.57 Å². The molecule has 0 atom stereocenters. The minimum absolute atomic E-state index is 0.253. The molecule has 27 heavy (non-hydrogen) atoms. The highest BCUT2D eigenvalue weighted by atomic mass is 79.9. The van der Waals surface area contributed by atoms with Crippen LogP contribution >= 0.6 is 15.9 Å². The van der Waals surface area contributed by atoms with Gasteiger partial charge < -0.3 is 18.1 Å². The number of esters is 1. The SMILES string of the molecule is Cc1cc(C(=O)COC(=O)C=Cc2ccc(Br)o2)c(C)n1Cc1ccco1. The molecule has 7 heteroatoms. The summed E-state index contributed by atoms with van der Waals surface area (Å²) in [5.41, 5.74) is 2.27. The van der Waals surface area contributed by atoms with E-state index in [1.54, 1.807) is 24.5 Å². The molecule has 0 aliphatic carbocycles. The van der Waals surface area contributed by atoms with Crippen LogP contribution in [-0.4, -0.2) is 22.9 Å². The van der Waals surface area contributed by atoms with E-state index >= 15 is 0 Å². The van der Waals surface area contributed by atoms with Gasteiger partial charge in [-0.1, -0.05) is 0 Å². The summed E-state index contributed by atoms with van der Waals surface area (Å²) in [5, 5.41) is 0. The van der Waals surface area contributed by atoms with Crippen molar-refractivity contribution in [2.24, 2.45) is 0 Å². The Kier molecular flexibility index (Phi) is 5.81. The van der Waals surface area contributed by atoms with Crippen LogP contribution in [0.1, 0.15) is 33.3 Å². The lowest BCUT2D eigenvalue weighted by Crippen LogP contribution is -2.13. The molecule has 3 rings (SSSR count). The van der Waals surface area contributed by atoms with E-state index in [0.717, 1.165) is 17.1 Å². The molecule has 0 saturated carbocycles. The summed E-state index contributed by atoms with van der Waals surface area (Å²) in [6, 6.07) is 8.92. The van der Waals surface area contributed by atoms with E-state index in [4.69, 9.17) is 13.6 Å². The first-order valence-electron chi connectivity index (χ1n) is 8.26. The fraction of sp³-hybridized carbons (Fsp3) is 0.200. The van der Waals surface area contributed by atoms with Gasteiger partial charge in [-0.3, -0.25) is 4.79 Å². The van der Waals surface area contributed by atoms with E-state index in [1.165, 1.54) is 12.2 Å². The number of Topliss-reactive ketones (excluding diaryl/α,β-unsaturated/α-hetero) is 1. The van der Waals surface area contributed by atoms with E-state index in [0.29, 0.717) is 22.5 Å². The van der Waals surface area contributed by atoms with Gasteiger partial charge >= 0.3 is 5.97 Å². The van der Waals surface area contributed by atoms with Gasteiger partial charge in [0.1, 0.15) is 11.5 Å². The number of hydrogen-bond donors (Lipinski definition) is 0. The fourth-order valence-electron chi connectivity index (χ4n) is 2.72. The van der Waals surface area contributed by atoms with Crippen LogP contribution < -0.4 is 0 Å². The molecule has 0 radical (unpaired) electrons. The van der Waals surface area contributed by atoms with Crippen LogP contribution in [0.5, 0.6) is 0 Å². The van der Waals surface area contributed by atoms with E-state index in [2.05, 4.69) is 15.9 Å². The Balaban J connectivity index is 1.61. The van der Waals surface area contributed by atoms with Gasteiger partial charge in [-0.2, -0.15) is 0 Å². The average Bonchev–Trinajstić information content (AvgIpc) is 3.36. The minimum Gasteiger partial charge on any atom is -0.467 e. The summed E-state index contributed by atoms with van der Waals surface area (Å²) < 4.78 is 18.2. The zero-order valence-corrected chi connectivity index (χ0v) is 16.5. The quantitative estimate of drug-likeness (QED) is 0.311. The van der Waals surface area contributed by atoms with Gasteiger partial charge in [-0.15, -0.1) is 0 Å². The maximum atomic E-state index is 12.5. The number of nitrogens with zero attached hydrogens (tertiary/aromatic N) is 1. The van der Waals surface area contributed by atoms with E-state index in [9.17, 15) is 9.59 Å². The summed E-state index contributed by atoms with van der Waals surface area (Å²) in [6.45, 7) is 4.00. The third kappa shape index (κ3) is 4.68. The normalized spacial score (nSPS) is 11.2. The molecule has 140 valence electrons. The highest BCUT2D eigenvalue weighted by molar-refractivity contribution is 9.10. The number of aromatic nitrogens is 1. The molecular weight excluding hydrogens is 414 g/mol. The van der Waals surface area contributed by atoms with Crippen LogP contribution in [0.4, 0.5) is 0 Å². The molecule has 0 spiro atoms. The number of rotatable bonds is 7. The molecule has 0 unspecified atom stereocenters. The fourth-order valence-corrected chi connectivity index (χ4v) is 3.03. The van der Waals surface area contributed by atoms with Crippen LogP contribution in [0, 0.1) is 13.8 Å². The van der Waals surface area contributed by atoms with Crippen molar-refractivity contribution in [2.45, 2.75) is 20.4 Å². The van der Waals surface area contributed by atoms with Crippen molar-refractivity contribution in [3.05, 3.63) is 75.8 Å². The smallest absolute Gasteiger partial charge is 0.331 e. The minimum atomic E-state index is -0.611. The molecule has 0 aliphatic heterocycles. The third-order valence-electron chi connectivity index (χ3n) is 4.09. The number of carbonyl (C=O) groups is 2. The number of ether oxygens (including phenoxy) is 1. The molecule has 3 heterocycles. The van der Waals surface area contributed by atoms with Crippen LogP contribution in [-0.2, 0) is 16.1 Å². The molecule has 0 bridgehead atoms. The van der Waals surface area contributed by atoms with Crippen LogP contribution in [0.3, 0.4) is 0 Å². The number of furan rings is 2. The largest absolute Gasteiger partial charge is 0.467 e. The number of aryl methyl sites for hydroxylation is 1. The lowest BCUT2D eigenvalue weighted by molar-refractivity contribution is -0.136. The Hall–Kier alpha value is -2.80. The molecule has 0 N–H and O–H groups in total. The second-order valence-corrected chi connectivity index (χ2v) is 6.74. The molecule has 6 nitrogen and oxygen atoms in total. The van der Waals surface area contributed by atoms with Gasteiger partial charge in [0.15, 0.2) is 11.3 Å². The predicted octanol–water partition coefficient (Wildman–Crippen LogP) is 4.54. The molecule has 0 aliphatic rings. The van der Waals surface area contributed by atoms with Crippen molar-refractivity contribution in [2.75, 3.05) is 6.61 Å². The van der Waals surface area contributed by atoms with E-state index in [1.807, 2.05) is 30.5 Å². The van der Waals surface area contributed by atoms with Crippen molar-refractivity contribution < 1.29 is 23.2 Å². The highest BCUT2D eigenvalue weighted by Crippen LogP contribution is 2.18. The summed E-state index contributed by atoms with van der Waals surface area (Å²) in [4.78, 5) is 24.2. The van der Waals surface area contributed by atoms with Crippen LogP contribution in [0.2, 0.25) is 0 Å². The molecule has 3 aromatic heterocycles. The Morgan fingerprint density at radius 2 is 2.07 bits per heavy atom. The monoisotopic (exact) mass is 431 g/mol. The maximum Gasteiger partial charge on any atom is 0.331 e. The molecule has 0 amide bonds. The van der Waals surface area contributed by atoms with Crippen LogP contribution in [0.15, 0.2) is 56.2 Å². The molecule has 0 saturated heterocycles.